The Labute approximate surface area is 235 Å². The van der Waals surface area contributed by atoms with E-state index in [0.29, 0.717) is 13.0 Å². The molecule has 0 radical (unpaired) electrons. The first-order chi connectivity index (χ1) is 19.3. The summed E-state index contributed by atoms with van der Waals surface area (Å²) in [4.78, 5) is 29.0. The third-order valence-corrected chi connectivity index (χ3v) is 8.54. The number of phenols is 1. The first-order valence-corrected chi connectivity index (χ1v) is 14.4. The van der Waals surface area contributed by atoms with E-state index in [2.05, 4.69) is 75.9 Å². The predicted octanol–water partition coefficient (Wildman–Crippen LogP) is 4.19. The van der Waals surface area contributed by atoms with Crippen LogP contribution < -0.4 is 0 Å². The lowest BCUT2D eigenvalue weighted by Gasteiger charge is -2.39. The highest BCUT2D eigenvalue weighted by Crippen LogP contribution is 2.34. The summed E-state index contributed by atoms with van der Waals surface area (Å²) in [6.07, 6.45) is 2.44. The number of hydrogen-bond donors (Lipinski definition) is 3. The standard InChI is InChI=1S/C31H39N7O2/c1-5-20-15-22(39)8-10-23(20)21-7-9-24-25(16-21)34-35-29(24)30-32-26-17-28(38(19(2)3)18-27(26)33-30)31(40)37-12-6-11-36(4)13-14-37/h7-10,15-16,19,28,39H,5-6,11-14,17-18H2,1-4H3,(H,32,33)(H,34,35)/t28-/m0/s1. The van der Waals surface area contributed by atoms with Crippen LogP contribution >= 0.6 is 0 Å². The lowest BCUT2D eigenvalue weighted by Crippen LogP contribution is -2.54. The number of aromatic amines is 2. The molecule has 40 heavy (non-hydrogen) atoms. The summed E-state index contributed by atoms with van der Waals surface area (Å²) in [6, 6.07) is 11.8. The Hall–Kier alpha value is -3.69. The third-order valence-electron chi connectivity index (χ3n) is 8.54. The number of H-pyrrole nitrogens is 2. The zero-order valence-electron chi connectivity index (χ0n) is 23.9. The molecule has 0 aliphatic carbocycles. The molecule has 0 spiro atoms. The second kappa shape index (κ2) is 10.7. The Balaban J connectivity index is 1.29. The van der Waals surface area contributed by atoms with Crippen LogP contribution in [0, 0.1) is 0 Å². The van der Waals surface area contributed by atoms with Crippen LogP contribution in [0.4, 0.5) is 0 Å². The fourth-order valence-corrected chi connectivity index (χ4v) is 6.22. The summed E-state index contributed by atoms with van der Waals surface area (Å²) in [7, 11) is 2.13. The SMILES string of the molecule is CCc1cc(O)ccc1-c1ccc2c(-c3nc4c([nH]3)CN(C(C)C)[C@H](C(=O)N3CCCN(C)CC3)C4)n[nH]c2c1. The zero-order valence-corrected chi connectivity index (χ0v) is 23.9. The van der Waals surface area contributed by atoms with E-state index < -0.39 is 0 Å². The van der Waals surface area contributed by atoms with Crippen molar-refractivity contribution in [1.29, 1.82) is 0 Å². The van der Waals surface area contributed by atoms with E-state index in [1.54, 1.807) is 6.07 Å². The van der Waals surface area contributed by atoms with Gasteiger partial charge in [-0.25, -0.2) is 4.98 Å². The number of fused-ring (bicyclic) bond motifs is 2. The van der Waals surface area contributed by atoms with Gasteiger partial charge in [-0.2, -0.15) is 5.10 Å². The normalized spacial score (nSPS) is 18.8. The molecular formula is C31H39N7O2. The number of carbonyl (C=O) groups excluding carboxylic acids is 1. The van der Waals surface area contributed by atoms with E-state index in [0.717, 1.165) is 89.5 Å². The molecule has 6 rings (SSSR count). The Kier molecular flexibility index (Phi) is 7.10. The molecule has 1 fully saturated rings. The number of aromatic nitrogens is 4. The van der Waals surface area contributed by atoms with Crippen molar-refractivity contribution < 1.29 is 9.90 Å². The van der Waals surface area contributed by atoms with Crippen molar-refractivity contribution in [2.24, 2.45) is 0 Å². The number of phenolic OH excluding ortho intramolecular Hbond substituents is 1. The van der Waals surface area contributed by atoms with Crippen LogP contribution in [-0.2, 0) is 24.2 Å². The first-order valence-electron chi connectivity index (χ1n) is 14.4. The van der Waals surface area contributed by atoms with E-state index in [4.69, 9.17) is 4.98 Å². The number of benzene rings is 2. The van der Waals surface area contributed by atoms with Gasteiger partial charge in [0.1, 0.15) is 11.4 Å². The van der Waals surface area contributed by atoms with E-state index in [1.165, 1.54) is 0 Å². The minimum atomic E-state index is -0.205. The highest BCUT2D eigenvalue weighted by atomic mass is 16.3. The van der Waals surface area contributed by atoms with E-state index >= 15 is 0 Å². The van der Waals surface area contributed by atoms with Crippen molar-refractivity contribution in [2.75, 3.05) is 33.2 Å². The Morgan fingerprint density at radius 3 is 2.77 bits per heavy atom. The van der Waals surface area contributed by atoms with Crippen molar-refractivity contribution in [2.45, 2.75) is 58.7 Å². The average molecular weight is 542 g/mol. The quantitative estimate of drug-likeness (QED) is 0.350. The Morgan fingerprint density at radius 2 is 1.98 bits per heavy atom. The fraction of sp³-hybridized carbons (Fsp3) is 0.452. The molecule has 2 aliphatic rings. The summed E-state index contributed by atoms with van der Waals surface area (Å²) in [5.41, 5.74) is 7.02. The van der Waals surface area contributed by atoms with Gasteiger partial charge in [0.05, 0.1) is 22.9 Å². The molecule has 1 saturated heterocycles. The molecule has 2 aliphatic heterocycles. The molecule has 9 nitrogen and oxygen atoms in total. The third kappa shape index (κ3) is 4.88. The van der Waals surface area contributed by atoms with Crippen LogP contribution in [0.1, 0.15) is 44.1 Å². The Bertz CT molecular complexity index is 1540. The van der Waals surface area contributed by atoms with Crippen LogP contribution in [0.3, 0.4) is 0 Å². The maximum atomic E-state index is 13.8. The highest BCUT2D eigenvalue weighted by molar-refractivity contribution is 5.94. The zero-order chi connectivity index (χ0) is 28.0. The molecule has 0 saturated carbocycles. The topological polar surface area (TPSA) is 104 Å². The lowest BCUT2D eigenvalue weighted by molar-refractivity contribution is -0.138. The monoisotopic (exact) mass is 541 g/mol. The fourth-order valence-electron chi connectivity index (χ4n) is 6.22. The summed E-state index contributed by atoms with van der Waals surface area (Å²) in [5.74, 6) is 1.24. The Morgan fingerprint density at radius 1 is 1.12 bits per heavy atom. The molecule has 1 amide bonds. The molecule has 2 aromatic carbocycles. The number of amides is 1. The van der Waals surface area contributed by atoms with Gasteiger partial charge in [0.25, 0.3) is 0 Å². The van der Waals surface area contributed by atoms with Gasteiger partial charge in [0.2, 0.25) is 5.91 Å². The number of aryl methyl sites for hydroxylation is 1. The second-order valence-corrected chi connectivity index (χ2v) is 11.5. The number of carbonyl (C=O) groups is 1. The van der Waals surface area contributed by atoms with E-state index in [1.807, 2.05) is 12.1 Å². The summed E-state index contributed by atoms with van der Waals surface area (Å²) < 4.78 is 0. The first kappa shape index (κ1) is 26.5. The largest absolute Gasteiger partial charge is 0.508 e. The smallest absolute Gasteiger partial charge is 0.240 e. The molecule has 0 bridgehead atoms. The van der Waals surface area contributed by atoms with Gasteiger partial charge in [-0.05, 0) is 81.2 Å². The molecule has 210 valence electrons. The summed E-state index contributed by atoms with van der Waals surface area (Å²) in [6.45, 7) is 10.6. The van der Waals surface area contributed by atoms with Crippen LogP contribution in [0.15, 0.2) is 36.4 Å². The van der Waals surface area contributed by atoms with Crippen molar-refractivity contribution in [3.63, 3.8) is 0 Å². The van der Waals surface area contributed by atoms with Gasteiger partial charge in [0.15, 0.2) is 5.82 Å². The molecule has 2 aromatic heterocycles. The van der Waals surface area contributed by atoms with Gasteiger partial charge >= 0.3 is 0 Å². The number of likely N-dealkylation sites (N-methyl/N-ethyl adjacent to an activating group) is 1. The number of imidazole rings is 1. The highest BCUT2D eigenvalue weighted by Gasteiger charge is 2.37. The summed E-state index contributed by atoms with van der Waals surface area (Å²) in [5, 5.41) is 18.8. The minimum Gasteiger partial charge on any atom is -0.508 e. The van der Waals surface area contributed by atoms with Crippen molar-refractivity contribution >= 4 is 16.8 Å². The molecule has 4 aromatic rings. The molecule has 1 atom stereocenters. The van der Waals surface area contributed by atoms with Gasteiger partial charge in [-0.3, -0.25) is 14.8 Å². The maximum absolute atomic E-state index is 13.8. The lowest BCUT2D eigenvalue weighted by atomic mass is 9.97. The molecule has 9 heteroatoms. The van der Waals surface area contributed by atoms with Gasteiger partial charge in [0, 0.05) is 44.0 Å². The van der Waals surface area contributed by atoms with Crippen LogP contribution in [0.2, 0.25) is 0 Å². The number of nitrogens with one attached hydrogen (secondary N) is 2. The van der Waals surface area contributed by atoms with Gasteiger partial charge in [-0.1, -0.05) is 19.1 Å². The van der Waals surface area contributed by atoms with Crippen LogP contribution in [-0.4, -0.2) is 91.2 Å². The minimum absolute atomic E-state index is 0.205. The second-order valence-electron chi connectivity index (χ2n) is 11.5. The van der Waals surface area contributed by atoms with Gasteiger partial charge in [-0.15, -0.1) is 0 Å². The van der Waals surface area contributed by atoms with E-state index in [9.17, 15) is 9.90 Å². The van der Waals surface area contributed by atoms with Crippen LogP contribution in [0.25, 0.3) is 33.5 Å². The van der Waals surface area contributed by atoms with Crippen LogP contribution in [0.5, 0.6) is 5.75 Å². The van der Waals surface area contributed by atoms with Gasteiger partial charge < -0.3 is 19.9 Å². The maximum Gasteiger partial charge on any atom is 0.240 e. The number of nitrogens with zero attached hydrogens (tertiary/aromatic N) is 5. The van der Waals surface area contributed by atoms with E-state index in [-0.39, 0.29) is 23.7 Å². The summed E-state index contributed by atoms with van der Waals surface area (Å²) >= 11 is 0. The molecule has 3 N–H and O–H groups in total. The predicted molar refractivity (Wildman–Crippen MR) is 157 cm³/mol. The van der Waals surface area contributed by atoms with Crippen molar-refractivity contribution in [3.05, 3.63) is 53.3 Å². The number of rotatable bonds is 5. The van der Waals surface area contributed by atoms with Crippen molar-refractivity contribution in [3.8, 4) is 28.4 Å². The average Bonchev–Trinajstić information content (AvgIpc) is 3.49. The number of hydrogen-bond acceptors (Lipinski definition) is 6. The van der Waals surface area contributed by atoms with Crippen molar-refractivity contribution in [1.82, 2.24) is 34.9 Å². The molecule has 0 unspecified atom stereocenters. The molecular weight excluding hydrogens is 502 g/mol. The molecule has 4 heterocycles. The number of aromatic hydroxyl groups is 1.